The minimum atomic E-state index is -1.18. The van der Waals surface area contributed by atoms with Crippen LogP contribution in [0.2, 0.25) is 0 Å². The first-order valence-electron chi connectivity index (χ1n) is 4.41. The molecular formula is C11H9NO4. The van der Waals surface area contributed by atoms with Crippen molar-refractivity contribution in [1.82, 2.24) is 4.98 Å². The zero-order valence-electron chi connectivity index (χ0n) is 8.52. The number of aryl methyl sites for hydroxylation is 1. The number of pyridine rings is 1. The lowest BCUT2D eigenvalue weighted by molar-refractivity contribution is -0.135. The molecule has 0 atom stereocenters. The fraction of sp³-hybridized carbons (Fsp3) is 0.182. The summed E-state index contributed by atoms with van der Waals surface area (Å²) in [5, 5.41) is 17.2. The maximum atomic E-state index is 10.8. The molecule has 0 aliphatic heterocycles. The Morgan fingerprint density at radius 3 is 2.69 bits per heavy atom. The Bertz CT molecular complexity index is 496. The van der Waals surface area contributed by atoms with Gasteiger partial charge in [-0.2, -0.15) is 0 Å². The summed E-state index contributed by atoms with van der Waals surface area (Å²) in [5.41, 5.74) is 0.835. The molecule has 5 nitrogen and oxygen atoms in total. The van der Waals surface area contributed by atoms with Crippen LogP contribution in [0.25, 0.3) is 0 Å². The smallest absolute Gasteiger partial charge is 0.355 e. The topological polar surface area (TPSA) is 87.5 Å². The van der Waals surface area contributed by atoms with Crippen molar-refractivity contribution in [3.8, 4) is 11.8 Å². The van der Waals surface area contributed by atoms with Crippen LogP contribution in [0, 0.1) is 18.8 Å². The molecule has 0 saturated carbocycles. The number of carbonyl (C=O) groups is 2. The minimum Gasteiger partial charge on any atom is -0.481 e. The Hall–Kier alpha value is -2.35. The van der Waals surface area contributed by atoms with E-state index in [1.54, 1.807) is 13.0 Å². The minimum absolute atomic E-state index is 0.163. The number of hydrogen-bond acceptors (Lipinski definition) is 3. The van der Waals surface area contributed by atoms with Crippen molar-refractivity contribution in [2.45, 2.75) is 13.3 Å². The average Bonchev–Trinajstić information content (AvgIpc) is 2.16. The quantitative estimate of drug-likeness (QED) is 0.722. The summed E-state index contributed by atoms with van der Waals surface area (Å²) >= 11 is 0. The summed E-state index contributed by atoms with van der Waals surface area (Å²) in [6.45, 7) is 1.75. The lowest BCUT2D eigenvalue weighted by Crippen LogP contribution is -2.04. The number of carboxylic acid groups (broad SMARTS) is 2. The van der Waals surface area contributed by atoms with Crippen LogP contribution in [-0.2, 0) is 4.79 Å². The monoisotopic (exact) mass is 219 g/mol. The maximum Gasteiger partial charge on any atom is 0.355 e. The summed E-state index contributed by atoms with van der Waals surface area (Å²) in [5.74, 6) is 2.63. The highest BCUT2D eigenvalue weighted by molar-refractivity contribution is 5.88. The van der Waals surface area contributed by atoms with Crippen molar-refractivity contribution in [2.75, 3.05) is 0 Å². The predicted octanol–water partition coefficient (Wildman–Crippen LogP) is 0.914. The zero-order valence-corrected chi connectivity index (χ0v) is 8.52. The Labute approximate surface area is 91.8 Å². The van der Waals surface area contributed by atoms with Crippen molar-refractivity contribution in [3.05, 3.63) is 29.1 Å². The number of nitrogens with zero attached hydrogens (tertiary/aromatic N) is 1. The lowest BCUT2D eigenvalue weighted by atomic mass is 10.1. The highest BCUT2D eigenvalue weighted by Gasteiger charge is 2.09. The molecule has 82 valence electrons. The van der Waals surface area contributed by atoms with Gasteiger partial charge in [-0.05, 0) is 18.6 Å². The van der Waals surface area contributed by atoms with E-state index >= 15 is 0 Å². The third-order valence-electron chi connectivity index (χ3n) is 1.69. The summed E-state index contributed by atoms with van der Waals surface area (Å²) < 4.78 is 0. The standard InChI is InChI=1S/C11H9NO4/c1-7-5-8(3-2-4-9(13)14)10(11(15)16)12-6-7/h5-6H,4H2,1H3,(H,13,14)(H,15,16). The van der Waals surface area contributed by atoms with Gasteiger partial charge in [0, 0.05) is 6.20 Å². The molecular weight excluding hydrogens is 210 g/mol. The molecule has 0 aliphatic rings. The molecule has 2 N–H and O–H groups in total. The van der Waals surface area contributed by atoms with Gasteiger partial charge in [0.25, 0.3) is 0 Å². The van der Waals surface area contributed by atoms with Gasteiger partial charge < -0.3 is 10.2 Å². The second-order valence-corrected chi connectivity index (χ2v) is 3.09. The predicted molar refractivity (Wildman–Crippen MR) is 55.1 cm³/mol. The molecule has 1 heterocycles. The van der Waals surface area contributed by atoms with Gasteiger partial charge in [-0.15, -0.1) is 0 Å². The van der Waals surface area contributed by atoms with Crippen molar-refractivity contribution in [1.29, 1.82) is 0 Å². The first-order chi connectivity index (χ1) is 7.50. The van der Waals surface area contributed by atoms with Gasteiger partial charge in [-0.1, -0.05) is 11.8 Å². The van der Waals surface area contributed by atoms with Crippen LogP contribution in [0.1, 0.15) is 28.0 Å². The number of carboxylic acids is 2. The van der Waals surface area contributed by atoms with Gasteiger partial charge in [-0.3, -0.25) is 4.79 Å². The molecule has 0 bridgehead atoms. The Morgan fingerprint density at radius 2 is 2.12 bits per heavy atom. The molecule has 5 heteroatoms. The number of hydrogen-bond donors (Lipinski definition) is 2. The average molecular weight is 219 g/mol. The van der Waals surface area contributed by atoms with Crippen molar-refractivity contribution in [2.24, 2.45) is 0 Å². The number of aromatic carboxylic acids is 1. The van der Waals surface area contributed by atoms with E-state index in [0.29, 0.717) is 0 Å². The summed E-state index contributed by atoms with van der Waals surface area (Å²) in [6.07, 6.45) is 1.10. The van der Waals surface area contributed by atoms with Crippen LogP contribution in [0.5, 0.6) is 0 Å². The fourth-order valence-electron chi connectivity index (χ4n) is 1.05. The van der Waals surface area contributed by atoms with Crippen LogP contribution < -0.4 is 0 Å². The van der Waals surface area contributed by atoms with Crippen molar-refractivity contribution < 1.29 is 19.8 Å². The molecule has 16 heavy (non-hydrogen) atoms. The van der Waals surface area contributed by atoms with E-state index in [1.807, 2.05) is 0 Å². The molecule has 0 amide bonds. The first kappa shape index (κ1) is 11.7. The maximum absolute atomic E-state index is 10.8. The largest absolute Gasteiger partial charge is 0.481 e. The molecule has 1 rings (SSSR count). The van der Waals surface area contributed by atoms with Crippen LogP contribution in [0.4, 0.5) is 0 Å². The van der Waals surface area contributed by atoms with Crippen LogP contribution >= 0.6 is 0 Å². The van der Waals surface area contributed by atoms with E-state index in [4.69, 9.17) is 10.2 Å². The first-order valence-corrected chi connectivity index (χ1v) is 4.41. The summed E-state index contributed by atoms with van der Waals surface area (Å²) in [7, 11) is 0. The van der Waals surface area contributed by atoms with E-state index in [2.05, 4.69) is 16.8 Å². The second-order valence-electron chi connectivity index (χ2n) is 3.09. The number of aromatic nitrogens is 1. The van der Waals surface area contributed by atoms with E-state index in [-0.39, 0.29) is 17.7 Å². The second kappa shape index (κ2) is 4.94. The van der Waals surface area contributed by atoms with E-state index in [9.17, 15) is 9.59 Å². The molecule has 0 spiro atoms. The third-order valence-corrected chi connectivity index (χ3v) is 1.69. The van der Waals surface area contributed by atoms with Crippen LogP contribution in [0.3, 0.4) is 0 Å². The third kappa shape index (κ3) is 3.10. The molecule has 1 aromatic heterocycles. The Morgan fingerprint density at radius 1 is 1.44 bits per heavy atom. The van der Waals surface area contributed by atoms with Crippen LogP contribution in [-0.4, -0.2) is 27.1 Å². The van der Waals surface area contributed by atoms with Gasteiger partial charge in [0.2, 0.25) is 0 Å². The Balaban J connectivity index is 3.08. The molecule has 1 aromatic rings. The molecule has 0 unspecified atom stereocenters. The number of aliphatic carboxylic acids is 1. The lowest BCUT2D eigenvalue weighted by Gasteiger charge is -1.98. The highest BCUT2D eigenvalue weighted by atomic mass is 16.4. The SMILES string of the molecule is Cc1cnc(C(=O)O)c(C#CCC(=O)O)c1. The molecule has 0 aliphatic carbocycles. The summed E-state index contributed by atoms with van der Waals surface area (Å²) in [6, 6.07) is 1.56. The molecule has 0 fully saturated rings. The fourth-order valence-corrected chi connectivity index (χ4v) is 1.05. The number of rotatable bonds is 2. The van der Waals surface area contributed by atoms with E-state index < -0.39 is 11.9 Å². The zero-order chi connectivity index (χ0) is 12.1. The van der Waals surface area contributed by atoms with Gasteiger partial charge in [0.05, 0.1) is 5.56 Å². The van der Waals surface area contributed by atoms with Crippen molar-refractivity contribution >= 4 is 11.9 Å². The molecule has 0 aromatic carbocycles. The van der Waals surface area contributed by atoms with Gasteiger partial charge in [0.1, 0.15) is 6.42 Å². The molecule has 0 radical (unpaired) electrons. The van der Waals surface area contributed by atoms with E-state index in [0.717, 1.165) is 5.56 Å². The van der Waals surface area contributed by atoms with Gasteiger partial charge in [-0.25, -0.2) is 9.78 Å². The summed E-state index contributed by atoms with van der Waals surface area (Å²) in [4.78, 5) is 24.8. The normalized spacial score (nSPS) is 9.06. The molecule has 0 saturated heterocycles. The van der Waals surface area contributed by atoms with E-state index in [1.165, 1.54) is 6.20 Å². The van der Waals surface area contributed by atoms with Crippen LogP contribution in [0.15, 0.2) is 12.3 Å². The van der Waals surface area contributed by atoms with Gasteiger partial charge >= 0.3 is 11.9 Å². The highest BCUT2D eigenvalue weighted by Crippen LogP contribution is 2.07. The van der Waals surface area contributed by atoms with Gasteiger partial charge in [0.15, 0.2) is 5.69 Å². The Kier molecular flexibility index (Phi) is 3.62. The van der Waals surface area contributed by atoms with Crippen molar-refractivity contribution in [3.63, 3.8) is 0 Å².